The first-order valence-corrected chi connectivity index (χ1v) is 5.24. The van der Waals surface area contributed by atoms with Crippen LogP contribution in [-0.4, -0.2) is 30.6 Å². The summed E-state index contributed by atoms with van der Waals surface area (Å²) >= 11 is 0. The maximum Gasteiger partial charge on any atom is 0.341 e. The standard InChI is InChI=1S/C13H14O5/c1-9(14)3-4-10-5-6-11(12(7-10)17-2)18-8-13(15)16/h3-7H,8H2,1-2H3,(H,15,16)/b4-3+. The molecule has 0 unspecified atom stereocenters. The molecule has 1 aromatic rings. The topological polar surface area (TPSA) is 72.8 Å². The van der Waals surface area contributed by atoms with Crippen molar-refractivity contribution in [1.29, 1.82) is 0 Å². The van der Waals surface area contributed by atoms with E-state index in [1.807, 2.05) is 0 Å². The Labute approximate surface area is 105 Å². The van der Waals surface area contributed by atoms with Gasteiger partial charge in [-0.05, 0) is 30.7 Å². The van der Waals surface area contributed by atoms with Gasteiger partial charge in [0, 0.05) is 0 Å². The number of carboxylic acids is 1. The predicted molar refractivity (Wildman–Crippen MR) is 65.8 cm³/mol. The van der Waals surface area contributed by atoms with Gasteiger partial charge in [0.1, 0.15) is 0 Å². The minimum Gasteiger partial charge on any atom is -0.493 e. The molecule has 1 N–H and O–H groups in total. The molecule has 1 aromatic carbocycles. The minimum atomic E-state index is -1.06. The zero-order valence-corrected chi connectivity index (χ0v) is 10.2. The molecule has 0 spiro atoms. The van der Waals surface area contributed by atoms with E-state index in [1.165, 1.54) is 20.1 Å². The van der Waals surface area contributed by atoms with Crippen LogP contribution in [0.5, 0.6) is 11.5 Å². The van der Waals surface area contributed by atoms with Crippen molar-refractivity contribution in [2.24, 2.45) is 0 Å². The molecule has 5 heteroatoms. The Morgan fingerprint density at radius 3 is 2.61 bits per heavy atom. The van der Waals surface area contributed by atoms with Gasteiger partial charge in [-0.2, -0.15) is 0 Å². The SMILES string of the molecule is COc1cc(/C=C/C(C)=O)ccc1OCC(=O)O. The summed E-state index contributed by atoms with van der Waals surface area (Å²) < 4.78 is 10.1. The molecule has 0 aliphatic heterocycles. The van der Waals surface area contributed by atoms with Crippen LogP contribution in [0.25, 0.3) is 6.08 Å². The van der Waals surface area contributed by atoms with Crippen LogP contribution < -0.4 is 9.47 Å². The summed E-state index contributed by atoms with van der Waals surface area (Å²) in [6, 6.07) is 4.97. The first-order valence-electron chi connectivity index (χ1n) is 5.24. The van der Waals surface area contributed by atoms with E-state index >= 15 is 0 Å². The third-order valence-electron chi connectivity index (χ3n) is 2.05. The van der Waals surface area contributed by atoms with Gasteiger partial charge in [0.15, 0.2) is 23.9 Å². The van der Waals surface area contributed by atoms with Gasteiger partial charge in [-0.15, -0.1) is 0 Å². The number of aliphatic carboxylic acids is 1. The van der Waals surface area contributed by atoms with Gasteiger partial charge in [-0.25, -0.2) is 4.79 Å². The molecule has 18 heavy (non-hydrogen) atoms. The summed E-state index contributed by atoms with van der Waals surface area (Å²) in [5.41, 5.74) is 0.768. The highest BCUT2D eigenvalue weighted by molar-refractivity contribution is 5.91. The Hall–Kier alpha value is -2.30. The number of ether oxygens (including phenoxy) is 2. The van der Waals surface area contributed by atoms with E-state index in [0.29, 0.717) is 11.5 Å². The molecule has 0 bridgehead atoms. The lowest BCUT2D eigenvalue weighted by atomic mass is 10.2. The number of methoxy groups -OCH3 is 1. The predicted octanol–water partition coefficient (Wildman–Crippen LogP) is 1.76. The first kappa shape index (κ1) is 13.8. The minimum absolute atomic E-state index is 0.0554. The number of benzene rings is 1. The Kier molecular flexibility index (Phi) is 4.92. The molecule has 96 valence electrons. The molecule has 0 aromatic heterocycles. The van der Waals surface area contributed by atoms with E-state index in [4.69, 9.17) is 14.6 Å². The number of carbonyl (C=O) groups is 2. The van der Waals surface area contributed by atoms with Crippen LogP contribution in [0.2, 0.25) is 0 Å². The van der Waals surface area contributed by atoms with E-state index in [2.05, 4.69) is 0 Å². The first-order chi connectivity index (χ1) is 8.52. The van der Waals surface area contributed by atoms with Gasteiger partial charge < -0.3 is 14.6 Å². The fourth-order valence-corrected chi connectivity index (χ4v) is 1.26. The lowest BCUT2D eigenvalue weighted by Crippen LogP contribution is -2.10. The molecule has 0 atom stereocenters. The molecular formula is C13H14O5. The highest BCUT2D eigenvalue weighted by Gasteiger charge is 2.06. The van der Waals surface area contributed by atoms with Crippen molar-refractivity contribution in [3.8, 4) is 11.5 Å². The van der Waals surface area contributed by atoms with Crippen molar-refractivity contribution in [2.45, 2.75) is 6.92 Å². The second kappa shape index (κ2) is 6.44. The maximum atomic E-state index is 10.8. The summed E-state index contributed by atoms with van der Waals surface area (Å²) in [6.07, 6.45) is 3.08. The van der Waals surface area contributed by atoms with E-state index in [1.54, 1.807) is 24.3 Å². The molecule has 0 aliphatic carbocycles. The van der Waals surface area contributed by atoms with Crippen molar-refractivity contribution >= 4 is 17.8 Å². The van der Waals surface area contributed by atoms with E-state index in [0.717, 1.165) is 5.56 Å². The van der Waals surface area contributed by atoms with Crippen LogP contribution in [0.4, 0.5) is 0 Å². The number of rotatable bonds is 6. The Balaban J connectivity index is 2.89. The van der Waals surface area contributed by atoms with Crippen molar-refractivity contribution in [3.05, 3.63) is 29.8 Å². The largest absolute Gasteiger partial charge is 0.493 e. The fourth-order valence-electron chi connectivity index (χ4n) is 1.26. The highest BCUT2D eigenvalue weighted by atomic mass is 16.5. The average Bonchev–Trinajstić information content (AvgIpc) is 2.34. The lowest BCUT2D eigenvalue weighted by Gasteiger charge is -2.09. The van der Waals surface area contributed by atoms with E-state index in [-0.39, 0.29) is 5.78 Å². The van der Waals surface area contributed by atoms with Crippen LogP contribution in [0.1, 0.15) is 12.5 Å². The van der Waals surface area contributed by atoms with Gasteiger partial charge in [0.05, 0.1) is 7.11 Å². The molecule has 5 nitrogen and oxygen atoms in total. The van der Waals surface area contributed by atoms with Crippen molar-refractivity contribution in [3.63, 3.8) is 0 Å². The summed E-state index contributed by atoms with van der Waals surface area (Å²) in [7, 11) is 1.46. The Bertz CT molecular complexity index is 476. The van der Waals surface area contributed by atoms with E-state index < -0.39 is 12.6 Å². The van der Waals surface area contributed by atoms with Crippen LogP contribution >= 0.6 is 0 Å². The zero-order valence-electron chi connectivity index (χ0n) is 10.2. The molecular weight excluding hydrogens is 236 g/mol. The molecule has 0 fully saturated rings. The number of ketones is 1. The molecule has 0 heterocycles. The summed E-state index contributed by atoms with van der Waals surface area (Å²) in [4.78, 5) is 21.2. The summed E-state index contributed by atoms with van der Waals surface area (Å²) in [5.74, 6) is -0.348. The molecule has 0 saturated heterocycles. The molecule has 0 amide bonds. The molecule has 0 radical (unpaired) electrons. The number of hydrogen-bond donors (Lipinski definition) is 1. The van der Waals surface area contributed by atoms with Gasteiger partial charge in [0.2, 0.25) is 0 Å². The number of hydrogen-bond acceptors (Lipinski definition) is 4. The van der Waals surface area contributed by atoms with Gasteiger partial charge in [0.25, 0.3) is 0 Å². The Morgan fingerprint density at radius 2 is 2.06 bits per heavy atom. The van der Waals surface area contributed by atoms with Crippen LogP contribution in [0.15, 0.2) is 24.3 Å². The lowest BCUT2D eigenvalue weighted by molar-refractivity contribution is -0.139. The zero-order chi connectivity index (χ0) is 13.5. The summed E-state index contributed by atoms with van der Waals surface area (Å²) in [6.45, 7) is 1.02. The smallest absolute Gasteiger partial charge is 0.341 e. The van der Waals surface area contributed by atoms with Gasteiger partial charge in [-0.1, -0.05) is 12.1 Å². The third kappa shape index (κ3) is 4.29. The van der Waals surface area contributed by atoms with E-state index in [9.17, 15) is 9.59 Å². The van der Waals surface area contributed by atoms with Crippen molar-refractivity contribution in [2.75, 3.05) is 13.7 Å². The number of allylic oxidation sites excluding steroid dienone is 1. The van der Waals surface area contributed by atoms with Crippen molar-refractivity contribution in [1.82, 2.24) is 0 Å². The fraction of sp³-hybridized carbons (Fsp3) is 0.231. The summed E-state index contributed by atoms with van der Waals surface area (Å²) in [5, 5.41) is 8.52. The van der Waals surface area contributed by atoms with Gasteiger partial charge in [-0.3, -0.25) is 4.79 Å². The molecule has 1 rings (SSSR count). The Morgan fingerprint density at radius 1 is 1.33 bits per heavy atom. The normalized spacial score (nSPS) is 10.3. The van der Waals surface area contributed by atoms with Crippen LogP contribution in [-0.2, 0) is 9.59 Å². The molecule has 0 aliphatic rings. The average molecular weight is 250 g/mol. The molecule has 0 saturated carbocycles. The monoisotopic (exact) mass is 250 g/mol. The van der Waals surface area contributed by atoms with Gasteiger partial charge >= 0.3 is 5.97 Å². The second-order valence-electron chi connectivity index (χ2n) is 3.54. The van der Waals surface area contributed by atoms with Crippen LogP contribution in [0, 0.1) is 0 Å². The third-order valence-corrected chi connectivity index (χ3v) is 2.05. The quantitative estimate of drug-likeness (QED) is 0.779. The van der Waals surface area contributed by atoms with Crippen molar-refractivity contribution < 1.29 is 24.2 Å². The maximum absolute atomic E-state index is 10.8. The van der Waals surface area contributed by atoms with Crippen LogP contribution in [0.3, 0.4) is 0 Å². The number of carboxylic acid groups (broad SMARTS) is 1. The number of carbonyl (C=O) groups excluding carboxylic acids is 1. The highest BCUT2D eigenvalue weighted by Crippen LogP contribution is 2.28. The second-order valence-corrected chi connectivity index (χ2v) is 3.54.